The fraction of sp³-hybridized carbons (Fsp3) is 0.238. The molecule has 0 unspecified atom stereocenters. The lowest BCUT2D eigenvalue weighted by Gasteiger charge is -2.16. The molecule has 0 saturated carbocycles. The molecule has 0 bridgehead atoms. The molecular formula is C21H20N2O2S. The van der Waals surface area contributed by atoms with E-state index in [1.54, 1.807) is 11.3 Å². The van der Waals surface area contributed by atoms with Gasteiger partial charge in [0.2, 0.25) is 0 Å². The van der Waals surface area contributed by atoms with Crippen molar-refractivity contribution in [3.63, 3.8) is 0 Å². The van der Waals surface area contributed by atoms with Gasteiger partial charge in [-0.2, -0.15) is 0 Å². The number of hydrogen-bond donors (Lipinski definition) is 0. The SMILES string of the molecule is O=C(COc1ccccc1/C=C/c1nc2ccccc2s1)N1CCCC1. The van der Waals surface area contributed by atoms with Crippen LogP contribution in [0, 0.1) is 0 Å². The van der Waals surface area contributed by atoms with Gasteiger partial charge in [-0.1, -0.05) is 30.3 Å². The van der Waals surface area contributed by atoms with Crippen LogP contribution >= 0.6 is 11.3 Å². The number of hydrogen-bond acceptors (Lipinski definition) is 4. The first-order valence-electron chi connectivity index (χ1n) is 8.83. The number of rotatable bonds is 5. The highest BCUT2D eigenvalue weighted by atomic mass is 32.1. The molecule has 0 radical (unpaired) electrons. The number of aromatic nitrogens is 1. The highest BCUT2D eigenvalue weighted by molar-refractivity contribution is 7.19. The largest absolute Gasteiger partial charge is 0.483 e. The average molecular weight is 364 g/mol. The zero-order chi connectivity index (χ0) is 17.8. The Morgan fingerprint density at radius 3 is 2.69 bits per heavy atom. The van der Waals surface area contributed by atoms with Crippen LogP contribution in [0.3, 0.4) is 0 Å². The van der Waals surface area contributed by atoms with Gasteiger partial charge in [0.25, 0.3) is 5.91 Å². The summed E-state index contributed by atoms with van der Waals surface area (Å²) in [5, 5.41) is 0.953. The molecule has 1 aliphatic rings. The van der Waals surface area contributed by atoms with Gasteiger partial charge in [0.05, 0.1) is 10.2 Å². The van der Waals surface area contributed by atoms with Gasteiger partial charge in [-0.15, -0.1) is 11.3 Å². The van der Waals surface area contributed by atoms with Crippen molar-refractivity contribution in [3.05, 3.63) is 59.1 Å². The van der Waals surface area contributed by atoms with Crippen molar-refractivity contribution in [2.24, 2.45) is 0 Å². The highest BCUT2D eigenvalue weighted by Crippen LogP contribution is 2.25. The predicted octanol–water partition coefficient (Wildman–Crippen LogP) is 4.47. The lowest BCUT2D eigenvalue weighted by atomic mass is 10.2. The van der Waals surface area contributed by atoms with E-state index in [2.05, 4.69) is 11.1 Å². The molecule has 4 rings (SSSR count). The monoisotopic (exact) mass is 364 g/mol. The molecular weight excluding hydrogens is 344 g/mol. The minimum Gasteiger partial charge on any atom is -0.483 e. The zero-order valence-corrected chi connectivity index (χ0v) is 15.2. The van der Waals surface area contributed by atoms with E-state index < -0.39 is 0 Å². The summed E-state index contributed by atoms with van der Waals surface area (Å²) in [6.07, 6.45) is 6.17. The van der Waals surface area contributed by atoms with E-state index in [0.717, 1.165) is 47.8 Å². The summed E-state index contributed by atoms with van der Waals surface area (Å²) < 4.78 is 6.97. The van der Waals surface area contributed by atoms with Crippen molar-refractivity contribution in [1.82, 2.24) is 9.88 Å². The standard InChI is InChI=1S/C21H20N2O2S/c24-21(23-13-5-6-14-23)15-25-18-9-3-1-7-16(18)11-12-20-22-17-8-2-4-10-19(17)26-20/h1-4,7-12H,5-6,13-15H2/b12-11+. The third kappa shape index (κ3) is 3.78. The summed E-state index contributed by atoms with van der Waals surface area (Å²) in [5.74, 6) is 0.782. The van der Waals surface area contributed by atoms with Crippen LogP contribution in [0.15, 0.2) is 48.5 Å². The van der Waals surface area contributed by atoms with Crippen molar-refractivity contribution in [2.45, 2.75) is 12.8 Å². The van der Waals surface area contributed by atoms with Gasteiger partial charge >= 0.3 is 0 Å². The summed E-state index contributed by atoms with van der Waals surface area (Å²) >= 11 is 1.66. The van der Waals surface area contributed by atoms with E-state index in [1.807, 2.05) is 59.5 Å². The highest BCUT2D eigenvalue weighted by Gasteiger charge is 2.18. The molecule has 4 nitrogen and oxygen atoms in total. The number of carbonyl (C=O) groups is 1. The van der Waals surface area contributed by atoms with Crippen LogP contribution in [0.2, 0.25) is 0 Å². The maximum Gasteiger partial charge on any atom is 0.260 e. The van der Waals surface area contributed by atoms with Crippen molar-refractivity contribution < 1.29 is 9.53 Å². The maximum absolute atomic E-state index is 12.2. The van der Waals surface area contributed by atoms with Gasteiger partial charge in [-0.05, 0) is 43.2 Å². The van der Waals surface area contributed by atoms with Crippen LogP contribution in [-0.4, -0.2) is 35.5 Å². The fourth-order valence-corrected chi connectivity index (χ4v) is 3.94. The first-order valence-corrected chi connectivity index (χ1v) is 9.64. The lowest BCUT2D eigenvalue weighted by molar-refractivity contribution is -0.132. The number of carbonyl (C=O) groups excluding carboxylic acids is 1. The normalized spacial score (nSPS) is 14.4. The molecule has 1 aliphatic heterocycles. The van der Waals surface area contributed by atoms with Crippen LogP contribution in [-0.2, 0) is 4.79 Å². The van der Waals surface area contributed by atoms with Gasteiger partial charge in [0, 0.05) is 18.7 Å². The minimum atomic E-state index is 0.0625. The molecule has 1 aromatic heterocycles. The first-order chi connectivity index (χ1) is 12.8. The van der Waals surface area contributed by atoms with Crippen LogP contribution in [0.25, 0.3) is 22.4 Å². The Hall–Kier alpha value is -2.66. The number of ether oxygens (including phenoxy) is 1. The van der Waals surface area contributed by atoms with Crippen molar-refractivity contribution in [2.75, 3.05) is 19.7 Å². The second-order valence-electron chi connectivity index (χ2n) is 6.27. The molecule has 132 valence electrons. The lowest BCUT2D eigenvalue weighted by Crippen LogP contribution is -2.32. The molecule has 1 amide bonds. The van der Waals surface area contributed by atoms with Crippen molar-refractivity contribution in [1.29, 1.82) is 0 Å². The second kappa shape index (κ2) is 7.70. The van der Waals surface area contributed by atoms with E-state index in [0.29, 0.717) is 0 Å². The molecule has 26 heavy (non-hydrogen) atoms. The summed E-state index contributed by atoms with van der Waals surface area (Å²) in [7, 11) is 0. The van der Waals surface area contributed by atoms with Crippen LogP contribution < -0.4 is 4.74 Å². The van der Waals surface area contributed by atoms with Crippen molar-refractivity contribution in [3.8, 4) is 5.75 Å². The quantitative estimate of drug-likeness (QED) is 0.671. The molecule has 1 saturated heterocycles. The molecule has 2 aromatic carbocycles. The number of likely N-dealkylation sites (tertiary alicyclic amines) is 1. The number of benzene rings is 2. The molecule has 1 fully saturated rings. The number of nitrogens with zero attached hydrogens (tertiary/aromatic N) is 2. The van der Waals surface area contributed by atoms with Gasteiger partial charge in [0.15, 0.2) is 6.61 Å². The fourth-order valence-electron chi connectivity index (χ4n) is 3.07. The Kier molecular flexibility index (Phi) is 4.97. The van der Waals surface area contributed by atoms with Crippen LogP contribution in [0.5, 0.6) is 5.75 Å². The third-order valence-corrected chi connectivity index (χ3v) is 5.45. The first kappa shape index (κ1) is 16.8. The van der Waals surface area contributed by atoms with Gasteiger partial charge in [-0.3, -0.25) is 4.79 Å². The molecule has 0 aliphatic carbocycles. The summed E-state index contributed by atoms with van der Waals surface area (Å²) in [6, 6.07) is 15.9. The summed E-state index contributed by atoms with van der Waals surface area (Å²) in [6.45, 7) is 1.79. The summed E-state index contributed by atoms with van der Waals surface area (Å²) in [5.41, 5.74) is 1.96. The van der Waals surface area contributed by atoms with E-state index in [4.69, 9.17) is 4.74 Å². The minimum absolute atomic E-state index is 0.0625. The van der Waals surface area contributed by atoms with E-state index >= 15 is 0 Å². The van der Waals surface area contributed by atoms with Crippen LogP contribution in [0.4, 0.5) is 0 Å². The Morgan fingerprint density at radius 2 is 1.85 bits per heavy atom. The van der Waals surface area contributed by atoms with Gasteiger partial charge in [-0.25, -0.2) is 4.98 Å². The third-order valence-electron chi connectivity index (χ3n) is 4.44. The molecule has 3 aromatic rings. The van der Waals surface area contributed by atoms with Gasteiger partial charge < -0.3 is 9.64 Å². The van der Waals surface area contributed by atoms with Gasteiger partial charge in [0.1, 0.15) is 10.8 Å². The Bertz CT molecular complexity index is 909. The number of para-hydroxylation sites is 2. The maximum atomic E-state index is 12.2. The molecule has 5 heteroatoms. The van der Waals surface area contributed by atoms with E-state index in [1.165, 1.54) is 4.70 Å². The molecule has 2 heterocycles. The Morgan fingerprint density at radius 1 is 1.08 bits per heavy atom. The number of fused-ring (bicyclic) bond motifs is 1. The smallest absolute Gasteiger partial charge is 0.260 e. The summed E-state index contributed by atoms with van der Waals surface area (Å²) in [4.78, 5) is 18.7. The molecule has 0 N–H and O–H groups in total. The number of amides is 1. The van der Waals surface area contributed by atoms with E-state index in [-0.39, 0.29) is 12.5 Å². The second-order valence-corrected chi connectivity index (χ2v) is 7.33. The Balaban J connectivity index is 1.47. The topological polar surface area (TPSA) is 42.4 Å². The zero-order valence-electron chi connectivity index (χ0n) is 14.4. The molecule has 0 spiro atoms. The van der Waals surface area contributed by atoms with E-state index in [9.17, 15) is 4.79 Å². The number of thiazole rings is 1. The molecule has 0 atom stereocenters. The average Bonchev–Trinajstić information content (AvgIpc) is 3.34. The predicted molar refractivity (Wildman–Crippen MR) is 106 cm³/mol. The van der Waals surface area contributed by atoms with Crippen LogP contribution in [0.1, 0.15) is 23.4 Å². The van der Waals surface area contributed by atoms with Crippen molar-refractivity contribution >= 4 is 39.6 Å². The Labute approximate surface area is 156 Å².